The predicted octanol–water partition coefficient (Wildman–Crippen LogP) is 3.82. The number of halogens is 1. The van der Waals surface area contributed by atoms with Crippen molar-refractivity contribution in [2.75, 3.05) is 26.2 Å². The molecule has 0 radical (unpaired) electrons. The number of hydrogen-bond acceptors (Lipinski definition) is 2. The van der Waals surface area contributed by atoms with Crippen molar-refractivity contribution in [1.82, 2.24) is 10.2 Å². The zero-order valence-electron chi connectivity index (χ0n) is 12.2. The first-order valence-electron chi connectivity index (χ1n) is 8.05. The number of piperazine rings is 1. The van der Waals surface area contributed by atoms with Gasteiger partial charge in [0.1, 0.15) is 0 Å². The Morgan fingerprint density at radius 1 is 1.00 bits per heavy atom. The van der Waals surface area contributed by atoms with Crippen LogP contribution in [0.15, 0.2) is 24.3 Å². The van der Waals surface area contributed by atoms with Gasteiger partial charge >= 0.3 is 0 Å². The van der Waals surface area contributed by atoms with E-state index in [2.05, 4.69) is 57.1 Å². The Balaban J connectivity index is 1.83. The van der Waals surface area contributed by atoms with E-state index in [-0.39, 0.29) is 0 Å². The normalized spacial score (nSPS) is 23.6. The van der Waals surface area contributed by atoms with Crippen LogP contribution in [-0.2, 0) is 0 Å². The van der Waals surface area contributed by atoms with Crippen molar-refractivity contribution in [1.29, 1.82) is 0 Å². The fourth-order valence-corrected chi connectivity index (χ4v) is 4.21. The number of nitrogens with zero attached hydrogens (tertiary/aromatic N) is 1. The Labute approximate surface area is 136 Å². The molecule has 0 amide bonds. The van der Waals surface area contributed by atoms with Crippen LogP contribution in [-0.4, -0.2) is 31.1 Å². The second-order valence-corrected chi connectivity index (χ2v) is 7.43. The third-order valence-corrected chi connectivity index (χ3v) is 5.57. The highest BCUT2D eigenvalue weighted by molar-refractivity contribution is 14.1. The van der Waals surface area contributed by atoms with Crippen LogP contribution in [0.3, 0.4) is 0 Å². The quantitative estimate of drug-likeness (QED) is 0.798. The molecule has 1 aliphatic heterocycles. The van der Waals surface area contributed by atoms with E-state index in [0.717, 1.165) is 19.0 Å². The van der Waals surface area contributed by atoms with Crippen molar-refractivity contribution in [2.24, 2.45) is 5.92 Å². The molecule has 2 fully saturated rings. The Morgan fingerprint density at radius 2 is 1.65 bits per heavy atom. The van der Waals surface area contributed by atoms with Gasteiger partial charge in [0.05, 0.1) is 0 Å². The molecule has 2 nitrogen and oxygen atoms in total. The molecular weight excluding hydrogens is 359 g/mol. The minimum absolute atomic E-state index is 0.648. The lowest BCUT2D eigenvalue weighted by atomic mass is 9.80. The lowest BCUT2D eigenvalue weighted by Gasteiger charge is -2.41. The van der Waals surface area contributed by atoms with Crippen LogP contribution in [0.2, 0.25) is 0 Å². The molecule has 0 unspecified atom stereocenters. The van der Waals surface area contributed by atoms with Crippen molar-refractivity contribution in [3.8, 4) is 0 Å². The van der Waals surface area contributed by atoms with Crippen molar-refractivity contribution in [3.05, 3.63) is 33.4 Å². The minimum atomic E-state index is 0.648. The lowest BCUT2D eigenvalue weighted by molar-refractivity contribution is 0.103. The first-order chi connectivity index (χ1) is 9.84. The average Bonchev–Trinajstić information content (AvgIpc) is 2.52. The van der Waals surface area contributed by atoms with E-state index < -0.39 is 0 Å². The van der Waals surface area contributed by atoms with E-state index in [1.54, 1.807) is 5.56 Å². The summed E-state index contributed by atoms with van der Waals surface area (Å²) in [5, 5.41) is 3.49. The first-order valence-corrected chi connectivity index (χ1v) is 9.13. The molecular formula is C17H25IN2. The standard InChI is InChI=1S/C17H25IN2/c18-16-8-6-15(7-9-16)17(14-4-2-1-3-5-14)20-12-10-19-11-13-20/h6-9,14,17,19H,1-5,10-13H2/t17-/m0/s1. The lowest BCUT2D eigenvalue weighted by Crippen LogP contribution is -2.47. The molecule has 0 bridgehead atoms. The molecule has 1 heterocycles. The Hall–Kier alpha value is -0.130. The maximum Gasteiger partial charge on any atom is 0.0377 e. The smallest absolute Gasteiger partial charge is 0.0377 e. The zero-order valence-corrected chi connectivity index (χ0v) is 14.3. The molecule has 3 heteroatoms. The van der Waals surface area contributed by atoms with Crippen molar-refractivity contribution in [2.45, 2.75) is 38.1 Å². The third kappa shape index (κ3) is 3.55. The topological polar surface area (TPSA) is 15.3 Å². The van der Waals surface area contributed by atoms with Gasteiger partial charge in [-0.2, -0.15) is 0 Å². The third-order valence-electron chi connectivity index (χ3n) is 4.85. The van der Waals surface area contributed by atoms with E-state index >= 15 is 0 Å². The number of benzene rings is 1. The van der Waals surface area contributed by atoms with Crippen LogP contribution in [0.4, 0.5) is 0 Å². The van der Waals surface area contributed by atoms with Gasteiger partial charge in [0.25, 0.3) is 0 Å². The van der Waals surface area contributed by atoms with E-state index in [0.29, 0.717) is 6.04 Å². The number of hydrogen-bond donors (Lipinski definition) is 1. The van der Waals surface area contributed by atoms with Gasteiger partial charge in [-0.25, -0.2) is 0 Å². The van der Waals surface area contributed by atoms with Crippen LogP contribution < -0.4 is 5.32 Å². The first kappa shape index (κ1) is 14.8. The molecule has 0 spiro atoms. The highest BCUT2D eigenvalue weighted by atomic mass is 127. The van der Waals surface area contributed by atoms with E-state index in [4.69, 9.17) is 0 Å². The molecule has 3 rings (SSSR count). The summed E-state index contributed by atoms with van der Waals surface area (Å²) >= 11 is 2.41. The van der Waals surface area contributed by atoms with Crippen LogP contribution in [0.25, 0.3) is 0 Å². The SMILES string of the molecule is Ic1ccc([C@H](C2CCCCC2)N2CCNCC2)cc1. The minimum Gasteiger partial charge on any atom is -0.314 e. The van der Waals surface area contributed by atoms with Crippen LogP contribution >= 0.6 is 22.6 Å². The fraction of sp³-hybridized carbons (Fsp3) is 0.647. The Morgan fingerprint density at radius 3 is 2.30 bits per heavy atom. The van der Waals surface area contributed by atoms with Crippen LogP contribution in [0, 0.1) is 9.49 Å². The molecule has 1 N–H and O–H groups in total. The van der Waals surface area contributed by atoms with Gasteiger partial charge in [-0.05, 0) is 59.0 Å². The predicted molar refractivity (Wildman–Crippen MR) is 92.9 cm³/mol. The average molecular weight is 384 g/mol. The molecule has 1 aromatic carbocycles. The van der Waals surface area contributed by atoms with Gasteiger partial charge in [-0.15, -0.1) is 0 Å². The Kier molecular flexibility index (Phi) is 5.35. The van der Waals surface area contributed by atoms with Gasteiger partial charge in [-0.1, -0.05) is 31.4 Å². The molecule has 1 saturated heterocycles. The Bertz CT molecular complexity index is 388. The van der Waals surface area contributed by atoms with Gasteiger partial charge in [0.2, 0.25) is 0 Å². The van der Waals surface area contributed by atoms with Gasteiger partial charge in [0.15, 0.2) is 0 Å². The second kappa shape index (κ2) is 7.23. The second-order valence-electron chi connectivity index (χ2n) is 6.18. The maximum atomic E-state index is 3.49. The highest BCUT2D eigenvalue weighted by Crippen LogP contribution is 2.38. The summed E-state index contributed by atoms with van der Waals surface area (Å²) in [4.78, 5) is 2.73. The molecule has 1 aromatic rings. The van der Waals surface area contributed by atoms with Crippen LogP contribution in [0.1, 0.15) is 43.7 Å². The molecule has 2 aliphatic rings. The summed E-state index contributed by atoms with van der Waals surface area (Å²) in [6.07, 6.45) is 7.13. The van der Waals surface area contributed by atoms with Crippen molar-refractivity contribution < 1.29 is 0 Å². The fourth-order valence-electron chi connectivity index (χ4n) is 3.85. The van der Waals surface area contributed by atoms with Gasteiger partial charge in [0, 0.05) is 35.8 Å². The number of nitrogens with one attached hydrogen (secondary N) is 1. The molecule has 110 valence electrons. The van der Waals surface area contributed by atoms with Crippen molar-refractivity contribution >= 4 is 22.6 Å². The summed E-state index contributed by atoms with van der Waals surface area (Å²) in [6, 6.07) is 9.92. The summed E-state index contributed by atoms with van der Waals surface area (Å²) in [6.45, 7) is 4.70. The zero-order chi connectivity index (χ0) is 13.8. The van der Waals surface area contributed by atoms with Crippen molar-refractivity contribution in [3.63, 3.8) is 0 Å². The molecule has 0 aromatic heterocycles. The van der Waals surface area contributed by atoms with Gasteiger partial charge in [-0.3, -0.25) is 4.90 Å². The summed E-state index contributed by atoms with van der Waals surface area (Å²) in [5.41, 5.74) is 1.54. The molecule has 20 heavy (non-hydrogen) atoms. The molecule has 1 atom stereocenters. The number of rotatable bonds is 3. The molecule has 1 saturated carbocycles. The summed E-state index contributed by atoms with van der Waals surface area (Å²) in [5.74, 6) is 0.863. The molecule has 1 aliphatic carbocycles. The highest BCUT2D eigenvalue weighted by Gasteiger charge is 2.30. The van der Waals surface area contributed by atoms with Crippen LogP contribution in [0.5, 0.6) is 0 Å². The van der Waals surface area contributed by atoms with E-state index in [1.165, 1.54) is 48.8 Å². The van der Waals surface area contributed by atoms with Gasteiger partial charge < -0.3 is 5.32 Å². The summed E-state index contributed by atoms with van der Waals surface area (Å²) in [7, 11) is 0. The van der Waals surface area contributed by atoms with E-state index in [9.17, 15) is 0 Å². The monoisotopic (exact) mass is 384 g/mol. The summed E-state index contributed by atoms with van der Waals surface area (Å²) < 4.78 is 1.34. The van der Waals surface area contributed by atoms with E-state index in [1.807, 2.05) is 0 Å². The largest absolute Gasteiger partial charge is 0.314 e. The maximum absolute atomic E-state index is 3.49.